The highest BCUT2D eigenvalue weighted by molar-refractivity contribution is 5.81. The van der Waals surface area contributed by atoms with E-state index in [1.165, 1.54) is 0 Å². The number of carbonyl (C=O) groups is 1. The van der Waals surface area contributed by atoms with Gasteiger partial charge in [0.2, 0.25) is 5.91 Å². The van der Waals surface area contributed by atoms with Crippen LogP contribution in [0.25, 0.3) is 10.9 Å². The second-order valence-electron chi connectivity index (χ2n) is 5.56. The zero-order valence-corrected chi connectivity index (χ0v) is 14.4. The molecule has 1 amide bonds. The molecule has 6 heteroatoms. The van der Waals surface area contributed by atoms with E-state index in [2.05, 4.69) is 10.4 Å². The van der Waals surface area contributed by atoms with Crippen LogP contribution in [-0.4, -0.2) is 29.4 Å². The number of carbonyl (C=O) groups excluding carboxylic acids is 1. The molecule has 0 radical (unpaired) electrons. The summed E-state index contributed by atoms with van der Waals surface area (Å²) in [4.78, 5) is 12.2. The zero-order chi connectivity index (χ0) is 17.6. The van der Waals surface area contributed by atoms with Gasteiger partial charge in [-0.1, -0.05) is 24.3 Å². The van der Waals surface area contributed by atoms with Crippen molar-refractivity contribution < 1.29 is 14.3 Å². The van der Waals surface area contributed by atoms with Crippen molar-refractivity contribution in [2.45, 2.75) is 20.0 Å². The highest BCUT2D eigenvalue weighted by Gasteiger charge is 2.09. The molecule has 1 N–H and O–H groups in total. The molecule has 3 aromatic rings. The molecule has 0 atom stereocenters. The first-order valence-corrected chi connectivity index (χ1v) is 8.18. The molecule has 130 valence electrons. The van der Waals surface area contributed by atoms with Crippen LogP contribution in [-0.2, 0) is 17.9 Å². The number of fused-ring (bicyclic) bond motifs is 1. The first-order valence-electron chi connectivity index (χ1n) is 8.18. The highest BCUT2D eigenvalue weighted by Crippen LogP contribution is 2.27. The molecule has 1 aromatic heterocycles. The van der Waals surface area contributed by atoms with Crippen molar-refractivity contribution in [3.63, 3.8) is 0 Å². The fourth-order valence-electron chi connectivity index (χ4n) is 2.64. The molecule has 0 aliphatic rings. The third-order valence-electron chi connectivity index (χ3n) is 3.86. The Morgan fingerprint density at radius 1 is 1.20 bits per heavy atom. The summed E-state index contributed by atoms with van der Waals surface area (Å²) >= 11 is 0. The van der Waals surface area contributed by atoms with Gasteiger partial charge in [-0.3, -0.25) is 9.48 Å². The van der Waals surface area contributed by atoms with Crippen LogP contribution in [0.15, 0.2) is 48.7 Å². The Hall–Kier alpha value is -3.02. The lowest BCUT2D eigenvalue weighted by Gasteiger charge is -2.12. The van der Waals surface area contributed by atoms with E-state index in [1.54, 1.807) is 18.0 Å². The summed E-state index contributed by atoms with van der Waals surface area (Å²) < 4.78 is 12.5. The van der Waals surface area contributed by atoms with Gasteiger partial charge in [0.1, 0.15) is 6.54 Å². The Morgan fingerprint density at radius 3 is 2.84 bits per heavy atom. The number of methoxy groups -OCH3 is 1. The standard InChI is InChI=1S/C19H21N3O3/c1-3-25-18-10-14(8-9-17(18)24-2)11-20-19(23)13-22-16-7-5-4-6-15(16)12-21-22/h4-10,12H,3,11,13H2,1-2H3,(H,20,23). The predicted octanol–water partition coefficient (Wildman–Crippen LogP) is 2.76. The molecule has 25 heavy (non-hydrogen) atoms. The summed E-state index contributed by atoms with van der Waals surface area (Å²) in [5.74, 6) is 1.26. The van der Waals surface area contributed by atoms with Crippen molar-refractivity contribution >= 4 is 16.8 Å². The minimum absolute atomic E-state index is 0.0948. The molecule has 0 spiro atoms. The van der Waals surface area contributed by atoms with E-state index in [0.29, 0.717) is 24.7 Å². The van der Waals surface area contributed by atoms with Crippen molar-refractivity contribution in [3.05, 3.63) is 54.2 Å². The Morgan fingerprint density at radius 2 is 2.04 bits per heavy atom. The van der Waals surface area contributed by atoms with E-state index in [0.717, 1.165) is 16.5 Å². The van der Waals surface area contributed by atoms with E-state index in [9.17, 15) is 4.79 Å². The maximum Gasteiger partial charge on any atom is 0.242 e. The molecule has 0 saturated carbocycles. The predicted molar refractivity (Wildman–Crippen MR) is 95.7 cm³/mol. The maximum atomic E-state index is 12.2. The largest absolute Gasteiger partial charge is 0.493 e. The molecular formula is C19H21N3O3. The minimum atomic E-state index is -0.0948. The number of nitrogens with zero attached hydrogens (tertiary/aromatic N) is 2. The smallest absolute Gasteiger partial charge is 0.242 e. The van der Waals surface area contributed by atoms with Gasteiger partial charge in [-0.15, -0.1) is 0 Å². The summed E-state index contributed by atoms with van der Waals surface area (Å²) in [7, 11) is 1.60. The minimum Gasteiger partial charge on any atom is -0.493 e. The van der Waals surface area contributed by atoms with Gasteiger partial charge in [0.05, 0.1) is 25.4 Å². The first kappa shape index (κ1) is 16.8. The Kier molecular flexibility index (Phi) is 5.18. The van der Waals surface area contributed by atoms with Crippen LogP contribution in [0.2, 0.25) is 0 Å². The van der Waals surface area contributed by atoms with Gasteiger partial charge in [-0.2, -0.15) is 5.10 Å². The van der Waals surface area contributed by atoms with Crippen LogP contribution in [0.4, 0.5) is 0 Å². The fraction of sp³-hybridized carbons (Fsp3) is 0.263. The van der Waals surface area contributed by atoms with Crippen LogP contribution >= 0.6 is 0 Å². The lowest BCUT2D eigenvalue weighted by atomic mass is 10.2. The second-order valence-corrected chi connectivity index (χ2v) is 5.56. The monoisotopic (exact) mass is 339 g/mol. The molecule has 0 saturated heterocycles. The molecule has 0 aliphatic heterocycles. The van der Waals surface area contributed by atoms with Gasteiger partial charge in [0.15, 0.2) is 11.5 Å². The molecule has 0 fully saturated rings. The number of amides is 1. The molecular weight excluding hydrogens is 318 g/mol. The van der Waals surface area contributed by atoms with E-state index in [-0.39, 0.29) is 12.5 Å². The van der Waals surface area contributed by atoms with Gasteiger partial charge >= 0.3 is 0 Å². The van der Waals surface area contributed by atoms with Crippen molar-refractivity contribution in [2.24, 2.45) is 0 Å². The number of rotatable bonds is 7. The molecule has 0 aliphatic carbocycles. The average molecular weight is 339 g/mol. The Bertz CT molecular complexity index is 873. The number of aromatic nitrogens is 2. The topological polar surface area (TPSA) is 65.4 Å². The number of benzene rings is 2. The van der Waals surface area contributed by atoms with Crippen LogP contribution in [0.1, 0.15) is 12.5 Å². The SMILES string of the molecule is CCOc1cc(CNC(=O)Cn2ncc3ccccc32)ccc1OC. The Balaban J connectivity index is 1.63. The summed E-state index contributed by atoms with van der Waals surface area (Å²) in [5.41, 5.74) is 1.89. The Labute approximate surface area is 146 Å². The van der Waals surface area contributed by atoms with Crippen LogP contribution in [0, 0.1) is 0 Å². The summed E-state index contributed by atoms with van der Waals surface area (Å²) in [6, 6.07) is 13.4. The maximum absolute atomic E-state index is 12.2. The van der Waals surface area contributed by atoms with E-state index < -0.39 is 0 Å². The van der Waals surface area contributed by atoms with E-state index in [4.69, 9.17) is 9.47 Å². The van der Waals surface area contributed by atoms with Gasteiger partial charge < -0.3 is 14.8 Å². The first-order chi connectivity index (χ1) is 12.2. The lowest BCUT2D eigenvalue weighted by molar-refractivity contribution is -0.121. The average Bonchev–Trinajstić information content (AvgIpc) is 3.03. The highest BCUT2D eigenvalue weighted by atomic mass is 16.5. The van der Waals surface area contributed by atoms with Gasteiger partial charge in [0, 0.05) is 11.9 Å². The zero-order valence-electron chi connectivity index (χ0n) is 14.4. The van der Waals surface area contributed by atoms with Crippen LogP contribution in [0.5, 0.6) is 11.5 Å². The molecule has 2 aromatic carbocycles. The third-order valence-corrected chi connectivity index (χ3v) is 3.86. The number of hydrogen-bond acceptors (Lipinski definition) is 4. The quantitative estimate of drug-likeness (QED) is 0.719. The number of ether oxygens (including phenoxy) is 2. The summed E-state index contributed by atoms with van der Waals surface area (Å²) in [6.07, 6.45) is 1.76. The van der Waals surface area contributed by atoms with Crippen LogP contribution in [0.3, 0.4) is 0 Å². The number of para-hydroxylation sites is 1. The fourth-order valence-corrected chi connectivity index (χ4v) is 2.64. The third kappa shape index (κ3) is 3.91. The molecule has 6 nitrogen and oxygen atoms in total. The lowest BCUT2D eigenvalue weighted by Crippen LogP contribution is -2.27. The molecule has 0 bridgehead atoms. The van der Waals surface area contributed by atoms with E-state index >= 15 is 0 Å². The van der Waals surface area contributed by atoms with Crippen molar-refractivity contribution in [1.82, 2.24) is 15.1 Å². The second kappa shape index (κ2) is 7.70. The summed E-state index contributed by atoms with van der Waals surface area (Å²) in [6.45, 7) is 3.07. The van der Waals surface area contributed by atoms with Crippen molar-refractivity contribution in [3.8, 4) is 11.5 Å². The van der Waals surface area contributed by atoms with Crippen molar-refractivity contribution in [1.29, 1.82) is 0 Å². The van der Waals surface area contributed by atoms with Crippen LogP contribution < -0.4 is 14.8 Å². The van der Waals surface area contributed by atoms with Crippen molar-refractivity contribution in [2.75, 3.05) is 13.7 Å². The van der Waals surface area contributed by atoms with Gasteiger partial charge in [0.25, 0.3) is 0 Å². The number of hydrogen-bond donors (Lipinski definition) is 1. The summed E-state index contributed by atoms with van der Waals surface area (Å²) in [5, 5.41) is 8.20. The molecule has 1 heterocycles. The van der Waals surface area contributed by atoms with E-state index in [1.807, 2.05) is 49.4 Å². The van der Waals surface area contributed by atoms with Gasteiger partial charge in [-0.25, -0.2) is 0 Å². The normalized spacial score (nSPS) is 10.6. The molecule has 0 unspecified atom stereocenters. The van der Waals surface area contributed by atoms with Gasteiger partial charge in [-0.05, 0) is 30.7 Å². The molecule has 3 rings (SSSR count). The number of nitrogens with one attached hydrogen (secondary N) is 1.